The zero-order valence-electron chi connectivity index (χ0n) is 11.7. The standard InChI is InChI=1S/C13H21N5O/c1-4-14-11-7-12(17-9(3)16-11)15-8(2)13(19)18-10-5-6-10/h7-8,10H,4-6H2,1-3H3,(H,18,19)(H2,14,15,16,17). The Morgan fingerprint density at radius 2 is 2.11 bits per heavy atom. The van der Waals surface area contributed by atoms with Gasteiger partial charge in [-0.1, -0.05) is 0 Å². The van der Waals surface area contributed by atoms with Crippen molar-refractivity contribution in [1.29, 1.82) is 0 Å². The van der Waals surface area contributed by atoms with Crippen LogP contribution in [-0.2, 0) is 4.79 Å². The fraction of sp³-hybridized carbons (Fsp3) is 0.615. The number of carbonyl (C=O) groups is 1. The van der Waals surface area contributed by atoms with Crippen molar-refractivity contribution in [2.24, 2.45) is 0 Å². The van der Waals surface area contributed by atoms with Crippen molar-refractivity contribution in [2.75, 3.05) is 17.2 Å². The topological polar surface area (TPSA) is 78.9 Å². The molecule has 1 unspecified atom stereocenters. The van der Waals surface area contributed by atoms with Gasteiger partial charge in [0, 0.05) is 18.7 Å². The Morgan fingerprint density at radius 1 is 1.42 bits per heavy atom. The minimum absolute atomic E-state index is 0.0174. The van der Waals surface area contributed by atoms with Crippen LogP contribution in [0.15, 0.2) is 6.07 Å². The highest BCUT2D eigenvalue weighted by molar-refractivity contribution is 5.84. The minimum Gasteiger partial charge on any atom is -0.370 e. The Morgan fingerprint density at radius 3 is 2.74 bits per heavy atom. The molecule has 1 aromatic rings. The third kappa shape index (κ3) is 4.08. The van der Waals surface area contributed by atoms with Crippen LogP contribution in [0, 0.1) is 6.92 Å². The number of nitrogens with one attached hydrogen (secondary N) is 3. The molecule has 104 valence electrons. The lowest BCUT2D eigenvalue weighted by molar-refractivity contribution is -0.121. The van der Waals surface area contributed by atoms with Gasteiger partial charge >= 0.3 is 0 Å². The van der Waals surface area contributed by atoms with Gasteiger partial charge in [0.15, 0.2) is 0 Å². The average Bonchev–Trinajstić information content (AvgIpc) is 3.12. The van der Waals surface area contributed by atoms with Gasteiger partial charge in [-0.3, -0.25) is 4.79 Å². The van der Waals surface area contributed by atoms with Crippen molar-refractivity contribution in [3.05, 3.63) is 11.9 Å². The van der Waals surface area contributed by atoms with E-state index in [9.17, 15) is 4.79 Å². The summed E-state index contributed by atoms with van der Waals surface area (Å²) < 4.78 is 0. The van der Waals surface area contributed by atoms with E-state index in [-0.39, 0.29) is 11.9 Å². The van der Waals surface area contributed by atoms with Gasteiger partial charge in [-0.05, 0) is 33.6 Å². The second-order valence-electron chi connectivity index (χ2n) is 4.86. The molecule has 1 atom stereocenters. The SMILES string of the molecule is CCNc1cc(NC(C)C(=O)NC2CC2)nc(C)n1. The Hall–Kier alpha value is -1.85. The molecule has 6 heteroatoms. The molecule has 6 nitrogen and oxygen atoms in total. The number of hydrogen-bond acceptors (Lipinski definition) is 5. The normalized spacial score (nSPS) is 15.7. The van der Waals surface area contributed by atoms with Gasteiger partial charge in [0.05, 0.1) is 0 Å². The molecule has 1 heterocycles. The second-order valence-corrected chi connectivity index (χ2v) is 4.86. The van der Waals surface area contributed by atoms with E-state index in [1.165, 1.54) is 0 Å². The van der Waals surface area contributed by atoms with E-state index >= 15 is 0 Å². The molecule has 0 spiro atoms. The summed E-state index contributed by atoms with van der Waals surface area (Å²) in [7, 11) is 0. The molecule has 2 rings (SSSR count). The molecular formula is C13H21N5O. The van der Waals surface area contributed by atoms with Gasteiger partial charge < -0.3 is 16.0 Å². The van der Waals surface area contributed by atoms with Crippen LogP contribution in [0.25, 0.3) is 0 Å². The predicted molar refractivity (Wildman–Crippen MR) is 75.2 cm³/mol. The molecular weight excluding hydrogens is 242 g/mol. The van der Waals surface area contributed by atoms with Crippen molar-refractivity contribution in [2.45, 2.75) is 45.7 Å². The average molecular weight is 263 g/mol. The summed E-state index contributed by atoms with van der Waals surface area (Å²) in [5.41, 5.74) is 0. The van der Waals surface area contributed by atoms with Crippen molar-refractivity contribution >= 4 is 17.5 Å². The lowest BCUT2D eigenvalue weighted by Crippen LogP contribution is -2.38. The Kier molecular flexibility index (Phi) is 4.19. The number of hydrogen-bond donors (Lipinski definition) is 3. The van der Waals surface area contributed by atoms with Crippen LogP contribution < -0.4 is 16.0 Å². The van der Waals surface area contributed by atoms with Gasteiger partial charge in [-0.15, -0.1) is 0 Å². The first-order valence-corrected chi connectivity index (χ1v) is 6.75. The minimum atomic E-state index is -0.302. The molecule has 0 aromatic carbocycles. The molecule has 19 heavy (non-hydrogen) atoms. The molecule has 1 saturated carbocycles. The number of rotatable bonds is 6. The quantitative estimate of drug-likeness (QED) is 0.721. The number of carbonyl (C=O) groups excluding carboxylic acids is 1. The highest BCUT2D eigenvalue weighted by Crippen LogP contribution is 2.19. The summed E-state index contributed by atoms with van der Waals surface area (Å²) in [6.45, 7) is 6.48. The monoisotopic (exact) mass is 263 g/mol. The maximum atomic E-state index is 11.9. The first-order valence-electron chi connectivity index (χ1n) is 6.75. The fourth-order valence-corrected chi connectivity index (χ4v) is 1.75. The summed E-state index contributed by atoms with van der Waals surface area (Å²) >= 11 is 0. The Balaban J connectivity index is 1.98. The highest BCUT2D eigenvalue weighted by Gasteiger charge is 2.25. The van der Waals surface area contributed by atoms with Crippen LogP contribution in [-0.4, -0.2) is 34.5 Å². The van der Waals surface area contributed by atoms with Crippen LogP contribution in [0.4, 0.5) is 11.6 Å². The maximum Gasteiger partial charge on any atom is 0.242 e. The van der Waals surface area contributed by atoms with E-state index in [0.29, 0.717) is 17.7 Å². The molecule has 1 fully saturated rings. The van der Waals surface area contributed by atoms with Crippen LogP contribution in [0.1, 0.15) is 32.5 Å². The molecule has 0 radical (unpaired) electrons. The van der Waals surface area contributed by atoms with E-state index in [1.807, 2.05) is 26.8 Å². The highest BCUT2D eigenvalue weighted by atomic mass is 16.2. The summed E-state index contributed by atoms with van der Waals surface area (Å²) in [4.78, 5) is 20.4. The van der Waals surface area contributed by atoms with Crippen molar-refractivity contribution in [3.63, 3.8) is 0 Å². The Bertz CT molecular complexity index is 458. The predicted octanol–water partition coefficient (Wildman–Crippen LogP) is 1.30. The fourth-order valence-electron chi connectivity index (χ4n) is 1.75. The summed E-state index contributed by atoms with van der Waals surface area (Å²) in [5.74, 6) is 2.13. The van der Waals surface area contributed by atoms with Crippen LogP contribution in [0.5, 0.6) is 0 Å². The van der Waals surface area contributed by atoms with E-state index in [1.54, 1.807) is 0 Å². The van der Waals surface area contributed by atoms with Crippen LogP contribution in [0.2, 0.25) is 0 Å². The zero-order chi connectivity index (χ0) is 13.8. The molecule has 1 aromatic heterocycles. The maximum absolute atomic E-state index is 11.9. The largest absolute Gasteiger partial charge is 0.370 e. The molecule has 1 aliphatic carbocycles. The van der Waals surface area contributed by atoms with Gasteiger partial charge in [0.2, 0.25) is 5.91 Å². The molecule has 0 bridgehead atoms. The summed E-state index contributed by atoms with van der Waals surface area (Å²) in [6.07, 6.45) is 2.19. The van der Waals surface area contributed by atoms with Crippen molar-refractivity contribution in [3.8, 4) is 0 Å². The molecule has 0 saturated heterocycles. The first-order chi connectivity index (χ1) is 9.08. The van der Waals surface area contributed by atoms with Crippen LogP contribution in [0.3, 0.4) is 0 Å². The third-order valence-electron chi connectivity index (χ3n) is 2.88. The van der Waals surface area contributed by atoms with E-state index in [0.717, 1.165) is 25.2 Å². The summed E-state index contributed by atoms with van der Waals surface area (Å²) in [5, 5.41) is 9.22. The van der Waals surface area contributed by atoms with Gasteiger partial charge in [0.1, 0.15) is 23.5 Å². The van der Waals surface area contributed by atoms with Gasteiger partial charge in [0.25, 0.3) is 0 Å². The lowest BCUT2D eigenvalue weighted by atomic mass is 10.3. The number of amides is 1. The number of anilines is 2. The van der Waals surface area contributed by atoms with E-state index < -0.39 is 0 Å². The van der Waals surface area contributed by atoms with E-state index in [2.05, 4.69) is 25.9 Å². The Labute approximate surface area is 113 Å². The molecule has 0 aliphatic heterocycles. The molecule has 3 N–H and O–H groups in total. The van der Waals surface area contributed by atoms with Crippen LogP contribution >= 0.6 is 0 Å². The van der Waals surface area contributed by atoms with Crippen molar-refractivity contribution in [1.82, 2.24) is 15.3 Å². The van der Waals surface area contributed by atoms with Crippen molar-refractivity contribution < 1.29 is 4.79 Å². The lowest BCUT2D eigenvalue weighted by Gasteiger charge is -2.15. The molecule has 1 aliphatic rings. The number of nitrogens with zero attached hydrogens (tertiary/aromatic N) is 2. The number of aromatic nitrogens is 2. The first kappa shape index (κ1) is 13.6. The van der Waals surface area contributed by atoms with E-state index in [4.69, 9.17) is 0 Å². The summed E-state index contributed by atoms with van der Waals surface area (Å²) in [6, 6.07) is 1.89. The number of aryl methyl sites for hydroxylation is 1. The van der Waals surface area contributed by atoms with Gasteiger partial charge in [-0.25, -0.2) is 9.97 Å². The van der Waals surface area contributed by atoms with Gasteiger partial charge in [-0.2, -0.15) is 0 Å². The second kappa shape index (κ2) is 5.86. The smallest absolute Gasteiger partial charge is 0.242 e. The zero-order valence-corrected chi connectivity index (χ0v) is 11.7. The molecule has 1 amide bonds. The third-order valence-corrected chi connectivity index (χ3v) is 2.88.